The lowest BCUT2D eigenvalue weighted by atomic mass is 9.86. The number of aryl methyl sites for hydroxylation is 1. The topological polar surface area (TPSA) is 91.2 Å². The molecule has 36 heavy (non-hydrogen) atoms. The highest BCUT2D eigenvalue weighted by atomic mass is 32.2. The Morgan fingerprint density at radius 2 is 1.86 bits per heavy atom. The highest BCUT2D eigenvalue weighted by Gasteiger charge is 2.35. The van der Waals surface area contributed by atoms with Gasteiger partial charge in [-0.2, -0.15) is 5.26 Å². The summed E-state index contributed by atoms with van der Waals surface area (Å²) in [6.07, 6.45) is 0. The number of ketones is 1. The number of carbonyl (C=O) groups excluding carboxylic acids is 2. The van der Waals surface area contributed by atoms with Crippen molar-refractivity contribution in [1.29, 1.82) is 5.26 Å². The molecule has 2 N–H and O–H groups in total. The molecule has 0 unspecified atom stereocenters. The van der Waals surface area contributed by atoms with Crippen LogP contribution in [0.15, 0.2) is 87.9 Å². The predicted molar refractivity (Wildman–Crippen MR) is 145 cm³/mol. The second-order valence-corrected chi connectivity index (χ2v) is 10.2. The molecule has 4 rings (SSSR count). The van der Waals surface area contributed by atoms with Gasteiger partial charge in [-0.1, -0.05) is 59.8 Å². The van der Waals surface area contributed by atoms with Crippen LogP contribution in [0.4, 0.5) is 5.69 Å². The second-order valence-electron chi connectivity index (χ2n) is 8.20. The van der Waals surface area contributed by atoms with Gasteiger partial charge < -0.3 is 15.4 Å². The first-order chi connectivity index (χ1) is 17.4. The zero-order valence-electron chi connectivity index (χ0n) is 20.1. The summed E-state index contributed by atoms with van der Waals surface area (Å²) in [5.74, 6) is -0.189. The summed E-state index contributed by atoms with van der Waals surface area (Å²) in [6, 6.07) is 20.7. The van der Waals surface area contributed by atoms with Crippen LogP contribution in [0.2, 0.25) is 0 Å². The molecule has 1 aromatic heterocycles. The second kappa shape index (κ2) is 11.3. The molecule has 0 radical (unpaired) electrons. The molecule has 1 aliphatic heterocycles. The minimum absolute atomic E-state index is 0.0272. The number of nitrogens with zero attached hydrogens (tertiary/aromatic N) is 1. The number of nitriles is 1. The maximum atomic E-state index is 13.5. The molecule has 0 aliphatic carbocycles. The fourth-order valence-electron chi connectivity index (χ4n) is 3.97. The van der Waals surface area contributed by atoms with Crippen LogP contribution in [0.3, 0.4) is 0 Å². The monoisotopic (exact) mass is 515 g/mol. The number of hydrogen-bond acceptors (Lipinski definition) is 7. The minimum atomic E-state index is -0.553. The lowest BCUT2D eigenvalue weighted by Crippen LogP contribution is -2.30. The first kappa shape index (κ1) is 25.3. The number of Topliss-reactive ketones (excluding diaryl/α,β-unsaturated/α-hetero) is 1. The van der Waals surface area contributed by atoms with Gasteiger partial charge in [-0.05, 0) is 37.4 Å². The smallest absolute Gasteiger partial charge is 0.254 e. The number of methoxy groups -OCH3 is 1. The molecule has 0 saturated carbocycles. The molecule has 2 heterocycles. The summed E-state index contributed by atoms with van der Waals surface area (Å²) in [5, 5.41) is 18.9. The van der Waals surface area contributed by atoms with Crippen LogP contribution in [-0.4, -0.2) is 24.6 Å². The molecular weight excluding hydrogens is 490 g/mol. The third-order valence-corrected chi connectivity index (χ3v) is 7.75. The highest BCUT2D eigenvalue weighted by Crippen LogP contribution is 2.42. The Hall–Kier alpha value is -3.80. The number of hydrogen-bond donors (Lipinski definition) is 2. The summed E-state index contributed by atoms with van der Waals surface area (Å²) < 4.78 is 5.37. The van der Waals surface area contributed by atoms with Gasteiger partial charge in [0.15, 0.2) is 5.78 Å². The van der Waals surface area contributed by atoms with E-state index in [-0.39, 0.29) is 17.4 Å². The number of rotatable bonds is 8. The zero-order valence-corrected chi connectivity index (χ0v) is 21.8. The van der Waals surface area contributed by atoms with Crippen LogP contribution < -0.4 is 15.4 Å². The molecule has 0 fully saturated rings. The van der Waals surface area contributed by atoms with E-state index in [9.17, 15) is 14.9 Å². The average molecular weight is 516 g/mol. The fraction of sp³-hybridized carbons (Fsp3) is 0.179. The van der Waals surface area contributed by atoms with Gasteiger partial charge in [0.1, 0.15) is 5.75 Å². The third kappa shape index (κ3) is 5.38. The van der Waals surface area contributed by atoms with E-state index >= 15 is 0 Å². The molecule has 2 aromatic carbocycles. The minimum Gasteiger partial charge on any atom is -0.495 e. The first-order valence-corrected chi connectivity index (χ1v) is 13.1. The average Bonchev–Trinajstić information content (AvgIpc) is 3.42. The van der Waals surface area contributed by atoms with Crippen molar-refractivity contribution in [3.63, 3.8) is 0 Å². The van der Waals surface area contributed by atoms with Crippen LogP contribution in [0.1, 0.15) is 33.6 Å². The molecule has 8 heteroatoms. The summed E-state index contributed by atoms with van der Waals surface area (Å²) in [7, 11) is 1.55. The molecular formula is C28H25N3O3S2. The lowest BCUT2D eigenvalue weighted by molar-refractivity contribution is -0.113. The van der Waals surface area contributed by atoms with E-state index in [2.05, 4.69) is 16.7 Å². The number of thiophene rings is 1. The van der Waals surface area contributed by atoms with Crippen LogP contribution >= 0.6 is 23.1 Å². The Balaban J connectivity index is 1.64. The maximum absolute atomic E-state index is 13.5. The number of para-hydroxylation sites is 2. The number of ether oxygens (including phenoxy) is 1. The van der Waals surface area contributed by atoms with E-state index in [1.165, 1.54) is 23.1 Å². The van der Waals surface area contributed by atoms with Crippen LogP contribution in [0.5, 0.6) is 5.75 Å². The molecule has 182 valence electrons. The van der Waals surface area contributed by atoms with E-state index < -0.39 is 5.92 Å². The molecule has 6 nitrogen and oxygen atoms in total. The largest absolute Gasteiger partial charge is 0.495 e. The molecule has 1 aliphatic rings. The van der Waals surface area contributed by atoms with Crippen molar-refractivity contribution < 1.29 is 14.3 Å². The maximum Gasteiger partial charge on any atom is 0.254 e. The summed E-state index contributed by atoms with van der Waals surface area (Å²) in [6.45, 7) is 3.79. The van der Waals surface area contributed by atoms with Gasteiger partial charge in [0, 0.05) is 21.7 Å². The predicted octanol–water partition coefficient (Wildman–Crippen LogP) is 6.02. The van der Waals surface area contributed by atoms with Crippen molar-refractivity contribution in [2.45, 2.75) is 19.8 Å². The molecule has 3 aromatic rings. The van der Waals surface area contributed by atoms with Crippen LogP contribution in [-0.2, 0) is 4.79 Å². The van der Waals surface area contributed by atoms with Crippen molar-refractivity contribution >= 4 is 40.5 Å². The summed E-state index contributed by atoms with van der Waals surface area (Å²) in [4.78, 5) is 27.2. The fourth-order valence-corrected chi connectivity index (χ4v) is 5.80. The molecule has 0 bridgehead atoms. The number of nitrogens with one attached hydrogen (secondary N) is 2. The van der Waals surface area contributed by atoms with Crippen molar-refractivity contribution in [3.05, 3.63) is 104 Å². The van der Waals surface area contributed by atoms with E-state index in [0.29, 0.717) is 38.9 Å². The number of dihydropyridines is 1. The number of thioether (sulfide) groups is 1. The lowest BCUT2D eigenvalue weighted by Gasteiger charge is -2.29. The Morgan fingerprint density at radius 1 is 1.11 bits per heavy atom. The van der Waals surface area contributed by atoms with Gasteiger partial charge in [-0.15, -0.1) is 11.3 Å². The van der Waals surface area contributed by atoms with Gasteiger partial charge in [0.05, 0.1) is 41.1 Å². The van der Waals surface area contributed by atoms with Gasteiger partial charge in [0.25, 0.3) is 5.91 Å². The third-order valence-electron chi connectivity index (χ3n) is 5.80. The Labute approximate surface area is 218 Å². The number of allylic oxidation sites excluding steroid dienone is 2. The Bertz CT molecular complexity index is 1380. The Morgan fingerprint density at radius 3 is 2.53 bits per heavy atom. The number of carbonyl (C=O) groups is 2. The van der Waals surface area contributed by atoms with E-state index in [1.807, 2.05) is 67.8 Å². The van der Waals surface area contributed by atoms with E-state index in [4.69, 9.17) is 4.74 Å². The van der Waals surface area contributed by atoms with Crippen LogP contribution in [0.25, 0.3) is 0 Å². The highest BCUT2D eigenvalue weighted by molar-refractivity contribution is 8.03. The summed E-state index contributed by atoms with van der Waals surface area (Å²) in [5.41, 5.74) is 3.75. The van der Waals surface area contributed by atoms with Gasteiger partial charge in [-0.3, -0.25) is 9.59 Å². The van der Waals surface area contributed by atoms with Crippen LogP contribution in [0, 0.1) is 18.3 Å². The zero-order chi connectivity index (χ0) is 25.7. The SMILES string of the molecule is COc1ccccc1NC(=O)C1=C(C)NC(SCC(=O)c2ccc(C)cc2)=C(C#N)[C@H]1c1cccs1. The Kier molecular flexibility index (Phi) is 7.93. The van der Waals surface area contributed by atoms with Gasteiger partial charge in [0.2, 0.25) is 0 Å². The molecule has 1 amide bonds. The van der Waals surface area contributed by atoms with E-state index in [1.54, 1.807) is 19.2 Å². The van der Waals surface area contributed by atoms with Crippen molar-refractivity contribution in [3.8, 4) is 11.8 Å². The molecule has 0 saturated heterocycles. The van der Waals surface area contributed by atoms with Crippen molar-refractivity contribution in [1.82, 2.24) is 5.32 Å². The number of anilines is 1. The van der Waals surface area contributed by atoms with Gasteiger partial charge >= 0.3 is 0 Å². The first-order valence-electron chi connectivity index (χ1n) is 11.3. The number of amides is 1. The van der Waals surface area contributed by atoms with Crippen molar-refractivity contribution in [2.75, 3.05) is 18.2 Å². The summed E-state index contributed by atoms with van der Waals surface area (Å²) >= 11 is 2.76. The van der Waals surface area contributed by atoms with E-state index in [0.717, 1.165) is 10.4 Å². The standard InChI is InChI=1S/C28H25N3O3S2/c1-17-10-12-19(13-11-17)22(32)16-36-28-20(15-29)26(24-9-6-14-35-24)25(18(2)30-28)27(33)31-21-7-4-5-8-23(21)34-3/h4-14,26,30H,16H2,1-3H3,(H,31,33)/t26-/m0/s1. The molecule has 0 spiro atoms. The normalized spacial score (nSPS) is 15.2. The quantitative estimate of drug-likeness (QED) is 0.357. The molecule has 1 atom stereocenters. The van der Waals surface area contributed by atoms with Gasteiger partial charge in [-0.25, -0.2) is 0 Å². The number of benzene rings is 2. The van der Waals surface area contributed by atoms with Crippen molar-refractivity contribution in [2.24, 2.45) is 0 Å².